The number of nitrogens with zero attached hydrogens (tertiary/aromatic N) is 5. The highest BCUT2D eigenvalue weighted by atomic mass is 35.5. The second-order valence-electron chi connectivity index (χ2n) is 10.2. The predicted octanol–water partition coefficient (Wildman–Crippen LogP) is 3.23. The molecule has 1 aromatic heterocycles. The second-order valence-corrected chi connectivity index (χ2v) is 10.6. The van der Waals surface area contributed by atoms with Crippen molar-refractivity contribution in [2.24, 2.45) is 0 Å². The first-order valence-electron chi connectivity index (χ1n) is 13.0. The Kier molecular flexibility index (Phi) is 8.24. The molecule has 2 aromatic carbocycles. The molecular formula is C28H23ClF4N6O4. The molecule has 43 heavy (non-hydrogen) atoms. The fourth-order valence-electron chi connectivity index (χ4n) is 5.23. The molecule has 3 N–H and O–H groups in total. The molecule has 0 spiro atoms. The molecule has 15 heteroatoms. The molecule has 1 aliphatic carbocycles. The van der Waals surface area contributed by atoms with Crippen molar-refractivity contribution in [3.05, 3.63) is 82.6 Å². The number of benzene rings is 2. The van der Waals surface area contributed by atoms with Crippen molar-refractivity contribution in [3.63, 3.8) is 0 Å². The van der Waals surface area contributed by atoms with Crippen LogP contribution in [0.3, 0.4) is 0 Å². The van der Waals surface area contributed by atoms with Gasteiger partial charge in [0.1, 0.15) is 41.6 Å². The van der Waals surface area contributed by atoms with Crippen LogP contribution in [0, 0.1) is 23.0 Å². The van der Waals surface area contributed by atoms with E-state index < -0.39 is 84.8 Å². The van der Waals surface area contributed by atoms with Gasteiger partial charge in [-0.2, -0.15) is 5.26 Å². The molecule has 0 bridgehead atoms. The normalized spacial score (nSPS) is 21.9. The van der Waals surface area contributed by atoms with Crippen molar-refractivity contribution in [1.29, 1.82) is 5.26 Å². The first kappa shape index (κ1) is 30.1. The lowest BCUT2D eigenvalue weighted by Crippen LogP contribution is -2.56. The van der Waals surface area contributed by atoms with Crippen molar-refractivity contribution in [1.82, 2.24) is 15.3 Å². The van der Waals surface area contributed by atoms with Crippen molar-refractivity contribution in [3.8, 4) is 6.07 Å². The first-order valence-corrected chi connectivity index (χ1v) is 13.4. The minimum Gasteiger partial charge on any atom is -0.388 e. The van der Waals surface area contributed by atoms with Crippen molar-refractivity contribution in [2.75, 3.05) is 9.80 Å². The van der Waals surface area contributed by atoms with Crippen LogP contribution in [0.25, 0.3) is 0 Å². The van der Waals surface area contributed by atoms with E-state index in [4.69, 9.17) is 11.6 Å². The van der Waals surface area contributed by atoms with Gasteiger partial charge in [-0.05, 0) is 24.3 Å². The number of aliphatic hydroxyl groups excluding tert-OH is 2. The third-order valence-corrected chi connectivity index (χ3v) is 7.55. The Morgan fingerprint density at radius 1 is 1.14 bits per heavy atom. The summed E-state index contributed by atoms with van der Waals surface area (Å²) in [6.45, 7) is 0. The summed E-state index contributed by atoms with van der Waals surface area (Å²) in [6, 6.07) is 6.75. The molecule has 1 saturated carbocycles. The minimum absolute atomic E-state index is 0.000795. The number of rotatable bonds is 7. The maximum atomic E-state index is 14.6. The fourth-order valence-corrected chi connectivity index (χ4v) is 5.47. The van der Waals surface area contributed by atoms with Gasteiger partial charge in [0, 0.05) is 48.2 Å². The third kappa shape index (κ3) is 6.10. The predicted molar refractivity (Wildman–Crippen MR) is 144 cm³/mol. The molecule has 2 fully saturated rings. The van der Waals surface area contributed by atoms with Crippen LogP contribution in [0.15, 0.2) is 54.7 Å². The number of nitriles is 1. The number of anilines is 2. The number of amides is 2. The van der Waals surface area contributed by atoms with E-state index in [9.17, 15) is 42.6 Å². The zero-order valence-corrected chi connectivity index (χ0v) is 22.8. The van der Waals surface area contributed by atoms with Crippen LogP contribution in [-0.4, -0.2) is 62.3 Å². The van der Waals surface area contributed by atoms with E-state index in [-0.39, 0.29) is 22.2 Å². The fraction of sp³-hybridized carbons (Fsp3) is 0.321. The summed E-state index contributed by atoms with van der Waals surface area (Å²) < 4.78 is 56.3. The van der Waals surface area contributed by atoms with Gasteiger partial charge >= 0.3 is 0 Å². The van der Waals surface area contributed by atoms with Crippen LogP contribution in [0.2, 0.25) is 5.02 Å². The summed E-state index contributed by atoms with van der Waals surface area (Å²) in [6.07, 6.45) is -3.86. The number of halogens is 5. The quantitative estimate of drug-likeness (QED) is 0.343. The molecule has 5 rings (SSSR count). The number of carbonyl (C=O) groups excluding carboxylic acids is 2. The summed E-state index contributed by atoms with van der Waals surface area (Å²) in [5.74, 6) is -7.53. The van der Waals surface area contributed by atoms with E-state index in [0.29, 0.717) is 6.07 Å². The SMILES string of the molecule is N#Cc1ccnc(N2C(C(=O)N(c3cc(F)cc(F)c3)C(C(=O)NC3CC(F)(F)C3)c3ccccc3Cl)CC(O)C2O)n1. The highest BCUT2D eigenvalue weighted by Gasteiger charge is 2.50. The summed E-state index contributed by atoms with van der Waals surface area (Å²) in [5.41, 5.74) is -0.567. The minimum atomic E-state index is -2.99. The maximum Gasteiger partial charge on any atom is 0.252 e. The molecule has 1 saturated heterocycles. The molecule has 2 amide bonds. The number of hydrogen-bond donors (Lipinski definition) is 3. The van der Waals surface area contributed by atoms with Crippen molar-refractivity contribution >= 4 is 35.1 Å². The lowest BCUT2D eigenvalue weighted by atomic mass is 9.87. The molecule has 224 valence electrons. The van der Waals surface area contributed by atoms with E-state index in [1.54, 1.807) is 6.07 Å². The average molecular weight is 619 g/mol. The lowest BCUT2D eigenvalue weighted by molar-refractivity contribution is -0.133. The highest BCUT2D eigenvalue weighted by Crippen LogP contribution is 2.40. The van der Waals surface area contributed by atoms with Gasteiger partial charge in [-0.3, -0.25) is 14.5 Å². The van der Waals surface area contributed by atoms with Gasteiger partial charge in [-0.1, -0.05) is 29.8 Å². The second kappa shape index (κ2) is 11.8. The van der Waals surface area contributed by atoms with E-state index in [2.05, 4.69) is 15.3 Å². The van der Waals surface area contributed by atoms with Gasteiger partial charge in [0.15, 0.2) is 6.23 Å². The molecule has 2 heterocycles. The summed E-state index contributed by atoms with van der Waals surface area (Å²) in [7, 11) is 0. The first-order chi connectivity index (χ1) is 20.4. The Morgan fingerprint density at radius 2 is 1.81 bits per heavy atom. The molecule has 2 aliphatic rings. The van der Waals surface area contributed by atoms with Crippen LogP contribution < -0.4 is 15.1 Å². The summed E-state index contributed by atoms with van der Waals surface area (Å²) >= 11 is 6.43. The number of nitrogens with one attached hydrogen (secondary N) is 1. The smallest absolute Gasteiger partial charge is 0.252 e. The van der Waals surface area contributed by atoms with Crippen molar-refractivity contribution < 1.29 is 37.4 Å². The van der Waals surface area contributed by atoms with Crippen LogP contribution >= 0.6 is 11.6 Å². The molecule has 4 atom stereocenters. The van der Waals surface area contributed by atoms with Gasteiger partial charge in [-0.25, -0.2) is 27.5 Å². The third-order valence-electron chi connectivity index (χ3n) is 7.21. The van der Waals surface area contributed by atoms with Gasteiger partial charge < -0.3 is 20.4 Å². The van der Waals surface area contributed by atoms with Gasteiger partial charge in [0.2, 0.25) is 11.9 Å². The monoisotopic (exact) mass is 618 g/mol. The number of aliphatic hydroxyl groups is 2. The van der Waals surface area contributed by atoms with Gasteiger partial charge in [0.05, 0.1) is 5.69 Å². The van der Waals surface area contributed by atoms with E-state index in [0.717, 1.165) is 21.9 Å². The Morgan fingerprint density at radius 3 is 2.44 bits per heavy atom. The number of hydrogen-bond acceptors (Lipinski definition) is 8. The van der Waals surface area contributed by atoms with Gasteiger partial charge in [0.25, 0.3) is 11.8 Å². The lowest BCUT2D eigenvalue weighted by Gasteiger charge is -2.39. The summed E-state index contributed by atoms with van der Waals surface area (Å²) in [4.78, 5) is 37.9. The molecule has 3 aromatic rings. The topological polar surface area (TPSA) is 143 Å². The van der Waals surface area contributed by atoms with Gasteiger partial charge in [-0.15, -0.1) is 0 Å². The van der Waals surface area contributed by atoms with E-state index >= 15 is 0 Å². The zero-order chi connectivity index (χ0) is 31.1. The summed E-state index contributed by atoms with van der Waals surface area (Å²) in [5, 5.41) is 33.1. The molecular weight excluding hydrogens is 596 g/mol. The Labute approximate surface area is 247 Å². The Bertz CT molecular complexity index is 1580. The van der Waals surface area contributed by atoms with E-state index in [1.165, 1.54) is 36.5 Å². The van der Waals surface area contributed by atoms with Crippen molar-refractivity contribution in [2.45, 2.75) is 55.6 Å². The average Bonchev–Trinajstić information content (AvgIpc) is 3.24. The molecule has 0 radical (unpaired) electrons. The van der Waals surface area contributed by atoms with E-state index in [1.807, 2.05) is 0 Å². The van der Waals surface area contributed by atoms with Crippen LogP contribution in [0.1, 0.15) is 36.6 Å². The zero-order valence-electron chi connectivity index (χ0n) is 22.0. The standard InChI is InChI=1S/C28H23ClF4N6O4/c29-20-4-2-1-3-19(20)23(24(41)36-17-11-28(32,33)12-17)38(18-8-14(30)7-15(31)9-18)25(42)21-10-22(40)26(43)39(21)27-35-6-5-16(13-34)37-27/h1-9,17,21-23,26,40,43H,10-12H2,(H,36,41). The number of alkyl halides is 2. The molecule has 1 aliphatic heterocycles. The molecule has 4 unspecified atom stereocenters. The largest absolute Gasteiger partial charge is 0.388 e. The Hall–Kier alpha value is -4.32. The van der Waals surface area contributed by atoms with Crippen LogP contribution in [-0.2, 0) is 9.59 Å². The Balaban J connectivity index is 1.64. The molecule has 10 nitrogen and oxygen atoms in total. The van der Waals surface area contributed by atoms with Crippen LogP contribution in [0.4, 0.5) is 29.2 Å². The maximum absolute atomic E-state index is 14.6. The highest BCUT2D eigenvalue weighted by molar-refractivity contribution is 6.31. The number of carbonyl (C=O) groups is 2. The van der Waals surface area contributed by atoms with Crippen LogP contribution in [0.5, 0.6) is 0 Å². The number of aromatic nitrogens is 2.